The molecule has 2 unspecified atom stereocenters. The first kappa shape index (κ1) is 11.9. The molecule has 1 heterocycles. The summed E-state index contributed by atoms with van der Waals surface area (Å²) in [7, 11) is 0. The van der Waals surface area contributed by atoms with Gasteiger partial charge in [0.15, 0.2) is 0 Å². The van der Waals surface area contributed by atoms with Gasteiger partial charge in [-0.05, 0) is 40.0 Å². The van der Waals surface area contributed by atoms with E-state index < -0.39 is 17.0 Å². The van der Waals surface area contributed by atoms with Crippen molar-refractivity contribution in [3.8, 4) is 0 Å². The summed E-state index contributed by atoms with van der Waals surface area (Å²) < 4.78 is 0. The zero-order valence-electron chi connectivity index (χ0n) is 10.2. The van der Waals surface area contributed by atoms with Gasteiger partial charge in [0.05, 0.1) is 11.0 Å². The van der Waals surface area contributed by atoms with Crippen molar-refractivity contribution in [2.75, 3.05) is 6.54 Å². The molecule has 4 heteroatoms. The molecular formula is C12H21NO3. The van der Waals surface area contributed by atoms with Crippen LogP contribution in [0.3, 0.4) is 0 Å². The Hall–Kier alpha value is -0.610. The van der Waals surface area contributed by atoms with Gasteiger partial charge in [0.1, 0.15) is 0 Å². The summed E-state index contributed by atoms with van der Waals surface area (Å²) in [6.07, 6.45) is 2.94. The molecule has 2 rings (SSSR count). The van der Waals surface area contributed by atoms with Gasteiger partial charge in [-0.3, -0.25) is 9.69 Å². The molecule has 2 fully saturated rings. The second-order valence-electron chi connectivity index (χ2n) is 5.92. The van der Waals surface area contributed by atoms with Crippen LogP contribution in [0.15, 0.2) is 0 Å². The molecule has 1 aliphatic carbocycles. The largest absolute Gasteiger partial charge is 0.481 e. The maximum absolute atomic E-state index is 11.2. The van der Waals surface area contributed by atoms with Crippen LogP contribution in [0.2, 0.25) is 0 Å². The SMILES string of the molecule is CC1CC(O)(C(C)(C)C(=O)O)CN1C1CC1. The lowest BCUT2D eigenvalue weighted by atomic mass is 9.73. The maximum Gasteiger partial charge on any atom is 0.312 e. The monoisotopic (exact) mass is 227 g/mol. The van der Waals surface area contributed by atoms with Crippen LogP contribution in [0.4, 0.5) is 0 Å². The molecule has 0 aromatic carbocycles. The van der Waals surface area contributed by atoms with Crippen molar-refractivity contribution in [2.24, 2.45) is 5.41 Å². The molecule has 0 bridgehead atoms. The van der Waals surface area contributed by atoms with Crippen LogP contribution < -0.4 is 0 Å². The van der Waals surface area contributed by atoms with Gasteiger partial charge < -0.3 is 10.2 Å². The number of β-amino-alcohol motifs (C(OH)–C–C–N with tert-alkyl or cyclic N) is 1. The number of carboxylic acid groups (broad SMARTS) is 1. The van der Waals surface area contributed by atoms with E-state index in [0.29, 0.717) is 19.0 Å². The molecular weight excluding hydrogens is 206 g/mol. The first-order valence-corrected chi connectivity index (χ1v) is 5.99. The van der Waals surface area contributed by atoms with E-state index in [2.05, 4.69) is 11.8 Å². The van der Waals surface area contributed by atoms with E-state index in [4.69, 9.17) is 0 Å². The Balaban J connectivity index is 2.18. The number of hydrogen-bond acceptors (Lipinski definition) is 3. The molecule has 92 valence electrons. The number of aliphatic hydroxyl groups is 1. The Morgan fingerprint density at radius 2 is 2.00 bits per heavy atom. The van der Waals surface area contributed by atoms with Crippen molar-refractivity contribution in [1.82, 2.24) is 4.90 Å². The predicted molar refractivity (Wildman–Crippen MR) is 60.2 cm³/mol. The highest BCUT2D eigenvalue weighted by molar-refractivity contribution is 5.75. The van der Waals surface area contributed by atoms with Crippen LogP contribution in [0.25, 0.3) is 0 Å². The Labute approximate surface area is 96.3 Å². The van der Waals surface area contributed by atoms with Gasteiger partial charge in [0.25, 0.3) is 0 Å². The highest BCUT2D eigenvalue weighted by atomic mass is 16.4. The minimum atomic E-state index is -1.10. The number of likely N-dealkylation sites (tertiary alicyclic amines) is 1. The lowest BCUT2D eigenvalue weighted by Gasteiger charge is -2.36. The fraction of sp³-hybridized carbons (Fsp3) is 0.917. The lowest BCUT2D eigenvalue weighted by Crippen LogP contribution is -2.51. The molecule has 2 aliphatic rings. The van der Waals surface area contributed by atoms with E-state index in [1.54, 1.807) is 13.8 Å². The topological polar surface area (TPSA) is 60.8 Å². The average Bonchev–Trinajstić information content (AvgIpc) is 2.93. The fourth-order valence-electron chi connectivity index (χ4n) is 2.68. The van der Waals surface area contributed by atoms with Crippen molar-refractivity contribution < 1.29 is 15.0 Å². The zero-order valence-corrected chi connectivity index (χ0v) is 10.2. The van der Waals surface area contributed by atoms with Crippen LogP contribution >= 0.6 is 0 Å². The van der Waals surface area contributed by atoms with Gasteiger partial charge in [0, 0.05) is 18.6 Å². The Kier molecular flexibility index (Phi) is 2.55. The highest BCUT2D eigenvalue weighted by Crippen LogP contribution is 2.44. The van der Waals surface area contributed by atoms with E-state index in [9.17, 15) is 15.0 Å². The molecule has 0 aromatic heterocycles. The third-order valence-corrected chi connectivity index (χ3v) is 4.36. The number of carbonyl (C=O) groups is 1. The summed E-state index contributed by atoms with van der Waals surface area (Å²) in [6, 6.07) is 0.866. The Morgan fingerprint density at radius 3 is 2.44 bits per heavy atom. The predicted octanol–water partition coefficient (Wildman–Crippen LogP) is 1.08. The van der Waals surface area contributed by atoms with Crippen LogP contribution in [0.5, 0.6) is 0 Å². The molecule has 1 saturated carbocycles. The molecule has 2 atom stereocenters. The standard InChI is InChI=1S/C12H21NO3/c1-8-6-12(16,11(2,3)10(14)15)7-13(8)9-4-5-9/h8-9,16H,4-7H2,1-3H3,(H,14,15). The third kappa shape index (κ3) is 1.64. The maximum atomic E-state index is 11.2. The number of hydrogen-bond donors (Lipinski definition) is 2. The molecule has 0 spiro atoms. The fourth-order valence-corrected chi connectivity index (χ4v) is 2.68. The number of aliphatic carboxylic acids is 1. The molecule has 0 amide bonds. The molecule has 0 radical (unpaired) electrons. The molecule has 4 nitrogen and oxygen atoms in total. The van der Waals surface area contributed by atoms with E-state index in [1.807, 2.05) is 0 Å². The Morgan fingerprint density at radius 1 is 1.44 bits per heavy atom. The van der Waals surface area contributed by atoms with E-state index in [1.165, 1.54) is 12.8 Å². The molecule has 1 saturated heterocycles. The van der Waals surface area contributed by atoms with E-state index in [-0.39, 0.29) is 6.04 Å². The summed E-state index contributed by atoms with van der Waals surface area (Å²) in [5.41, 5.74) is -2.17. The van der Waals surface area contributed by atoms with Gasteiger partial charge in [-0.15, -0.1) is 0 Å². The lowest BCUT2D eigenvalue weighted by molar-refractivity contribution is -0.163. The zero-order chi connectivity index (χ0) is 12.1. The first-order valence-electron chi connectivity index (χ1n) is 5.99. The highest BCUT2D eigenvalue weighted by Gasteiger charge is 2.56. The van der Waals surface area contributed by atoms with Gasteiger partial charge in [-0.1, -0.05) is 0 Å². The number of nitrogens with zero attached hydrogens (tertiary/aromatic N) is 1. The summed E-state index contributed by atoms with van der Waals surface area (Å²) >= 11 is 0. The normalized spacial score (nSPS) is 36.6. The molecule has 1 aliphatic heterocycles. The van der Waals surface area contributed by atoms with Crippen molar-refractivity contribution in [1.29, 1.82) is 0 Å². The minimum Gasteiger partial charge on any atom is -0.481 e. The summed E-state index contributed by atoms with van der Waals surface area (Å²) in [5, 5.41) is 19.8. The second-order valence-corrected chi connectivity index (χ2v) is 5.92. The van der Waals surface area contributed by atoms with E-state index in [0.717, 1.165) is 0 Å². The minimum absolute atomic E-state index is 0.288. The average molecular weight is 227 g/mol. The number of rotatable bonds is 3. The Bertz CT molecular complexity index is 311. The quantitative estimate of drug-likeness (QED) is 0.757. The van der Waals surface area contributed by atoms with Crippen molar-refractivity contribution >= 4 is 5.97 Å². The molecule has 0 aromatic rings. The third-order valence-electron chi connectivity index (χ3n) is 4.36. The van der Waals surface area contributed by atoms with Crippen molar-refractivity contribution in [2.45, 2.75) is 57.7 Å². The van der Waals surface area contributed by atoms with Crippen LogP contribution in [-0.4, -0.2) is 45.3 Å². The smallest absolute Gasteiger partial charge is 0.312 e. The molecule has 2 N–H and O–H groups in total. The van der Waals surface area contributed by atoms with Crippen molar-refractivity contribution in [3.63, 3.8) is 0 Å². The van der Waals surface area contributed by atoms with Crippen LogP contribution in [-0.2, 0) is 4.79 Å². The summed E-state index contributed by atoms with van der Waals surface area (Å²) in [6.45, 7) is 5.82. The first-order chi connectivity index (χ1) is 7.28. The van der Waals surface area contributed by atoms with Gasteiger partial charge in [-0.25, -0.2) is 0 Å². The van der Waals surface area contributed by atoms with Crippen molar-refractivity contribution in [3.05, 3.63) is 0 Å². The van der Waals surface area contributed by atoms with Crippen LogP contribution in [0.1, 0.15) is 40.0 Å². The second kappa shape index (κ2) is 3.44. The van der Waals surface area contributed by atoms with Gasteiger partial charge >= 0.3 is 5.97 Å². The van der Waals surface area contributed by atoms with E-state index >= 15 is 0 Å². The molecule has 16 heavy (non-hydrogen) atoms. The summed E-state index contributed by atoms with van der Waals surface area (Å²) in [5.74, 6) is -0.917. The summed E-state index contributed by atoms with van der Waals surface area (Å²) in [4.78, 5) is 13.5. The van der Waals surface area contributed by atoms with Crippen LogP contribution in [0, 0.1) is 5.41 Å². The number of carboxylic acids is 1. The van der Waals surface area contributed by atoms with Gasteiger partial charge in [0.2, 0.25) is 0 Å². The van der Waals surface area contributed by atoms with Gasteiger partial charge in [-0.2, -0.15) is 0 Å².